The Morgan fingerprint density at radius 1 is 1.26 bits per heavy atom. The molecule has 5 nitrogen and oxygen atoms in total. The van der Waals surface area contributed by atoms with Crippen molar-refractivity contribution >= 4 is 32.0 Å². The standard InChI is InChI=1S/C17H17N3O2S/c1-12-7-9-17(2,10-8-12)23(21,22)20-16-13-5-3-4-6-14(13)19-15(16)11-18-20/h3-9,11,19H,10H2,1-2H3. The average Bonchev–Trinajstić information content (AvgIpc) is 3.09. The molecule has 0 radical (unpaired) electrons. The van der Waals surface area contributed by atoms with Crippen molar-refractivity contribution in [3.05, 3.63) is 54.3 Å². The Labute approximate surface area is 134 Å². The number of hydrogen-bond acceptors (Lipinski definition) is 3. The molecule has 0 spiro atoms. The second kappa shape index (κ2) is 4.58. The van der Waals surface area contributed by atoms with Crippen LogP contribution < -0.4 is 0 Å². The lowest BCUT2D eigenvalue weighted by atomic mass is 9.98. The number of rotatable bonds is 2. The molecule has 1 N–H and O–H groups in total. The highest BCUT2D eigenvalue weighted by Crippen LogP contribution is 2.33. The topological polar surface area (TPSA) is 67.8 Å². The number of hydrogen-bond donors (Lipinski definition) is 1. The molecule has 118 valence electrons. The zero-order valence-electron chi connectivity index (χ0n) is 12.9. The lowest BCUT2D eigenvalue weighted by molar-refractivity contribution is 0.547. The zero-order valence-corrected chi connectivity index (χ0v) is 13.8. The molecule has 2 heterocycles. The molecule has 6 heteroatoms. The molecule has 1 atom stereocenters. The van der Waals surface area contributed by atoms with Crippen molar-refractivity contribution in [1.82, 2.24) is 14.2 Å². The van der Waals surface area contributed by atoms with Crippen molar-refractivity contribution < 1.29 is 8.42 Å². The molecule has 0 saturated heterocycles. The first-order valence-electron chi connectivity index (χ1n) is 7.48. The second-order valence-electron chi connectivity index (χ2n) is 6.22. The largest absolute Gasteiger partial charge is 0.352 e. The van der Waals surface area contributed by atoms with E-state index in [4.69, 9.17) is 0 Å². The first-order valence-corrected chi connectivity index (χ1v) is 8.92. The van der Waals surface area contributed by atoms with Gasteiger partial charge in [-0.2, -0.15) is 9.19 Å². The maximum Gasteiger partial charge on any atom is 0.263 e. The van der Waals surface area contributed by atoms with E-state index in [1.165, 1.54) is 4.09 Å². The highest BCUT2D eigenvalue weighted by Gasteiger charge is 2.40. The fourth-order valence-electron chi connectivity index (χ4n) is 2.99. The molecule has 0 saturated carbocycles. The summed E-state index contributed by atoms with van der Waals surface area (Å²) in [5.41, 5.74) is 3.32. The molecule has 1 unspecified atom stereocenters. The summed E-state index contributed by atoms with van der Waals surface area (Å²) in [4.78, 5) is 3.22. The third kappa shape index (κ3) is 1.91. The number of nitrogens with zero attached hydrogens (tertiary/aromatic N) is 2. The van der Waals surface area contributed by atoms with Crippen LogP contribution in [0.15, 0.2) is 54.3 Å². The van der Waals surface area contributed by atoms with Crippen LogP contribution in [0.3, 0.4) is 0 Å². The fourth-order valence-corrected chi connectivity index (χ4v) is 4.53. The molecule has 1 aliphatic rings. The van der Waals surface area contributed by atoms with Crippen LogP contribution in [0.1, 0.15) is 20.3 Å². The first kappa shape index (κ1) is 14.3. The van der Waals surface area contributed by atoms with Crippen molar-refractivity contribution in [2.75, 3.05) is 0 Å². The van der Waals surface area contributed by atoms with Crippen LogP contribution in [0.25, 0.3) is 21.9 Å². The van der Waals surface area contributed by atoms with E-state index in [-0.39, 0.29) is 0 Å². The summed E-state index contributed by atoms with van der Waals surface area (Å²) in [6.45, 7) is 3.71. The minimum absolute atomic E-state index is 0.446. The molecule has 1 aliphatic carbocycles. The minimum Gasteiger partial charge on any atom is -0.352 e. The first-order chi connectivity index (χ1) is 10.9. The van der Waals surface area contributed by atoms with Crippen molar-refractivity contribution in [2.45, 2.75) is 25.0 Å². The van der Waals surface area contributed by atoms with Crippen molar-refractivity contribution in [2.24, 2.45) is 0 Å². The van der Waals surface area contributed by atoms with E-state index in [0.717, 1.165) is 22.0 Å². The quantitative estimate of drug-likeness (QED) is 0.785. The minimum atomic E-state index is -3.68. The van der Waals surface area contributed by atoms with Gasteiger partial charge in [0.2, 0.25) is 0 Å². The van der Waals surface area contributed by atoms with Gasteiger partial charge in [0.25, 0.3) is 10.0 Å². The van der Waals surface area contributed by atoms with Gasteiger partial charge in [-0.05, 0) is 26.3 Å². The van der Waals surface area contributed by atoms with Gasteiger partial charge in [0, 0.05) is 10.9 Å². The van der Waals surface area contributed by atoms with Crippen LogP contribution in [0.4, 0.5) is 0 Å². The Balaban J connectivity index is 1.97. The molecule has 0 fully saturated rings. The van der Waals surface area contributed by atoms with E-state index >= 15 is 0 Å². The van der Waals surface area contributed by atoms with E-state index in [1.54, 1.807) is 19.2 Å². The van der Waals surface area contributed by atoms with Crippen LogP contribution in [-0.4, -0.2) is 27.3 Å². The molecule has 23 heavy (non-hydrogen) atoms. The number of aromatic amines is 1. The number of allylic oxidation sites excluding steroid dienone is 3. The number of H-pyrrole nitrogens is 1. The van der Waals surface area contributed by atoms with E-state index in [9.17, 15) is 8.42 Å². The molecule has 4 rings (SSSR count). The van der Waals surface area contributed by atoms with Crippen LogP contribution >= 0.6 is 0 Å². The van der Waals surface area contributed by atoms with Gasteiger partial charge in [-0.3, -0.25) is 0 Å². The lowest BCUT2D eigenvalue weighted by Crippen LogP contribution is -2.38. The van der Waals surface area contributed by atoms with Gasteiger partial charge >= 0.3 is 0 Å². The van der Waals surface area contributed by atoms with Gasteiger partial charge < -0.3 is 4.98 Å². The summed E-state index contributed by atoms with van der Waals surface area (Å²) in [6, 6.07) is 7.65. The normalized spacial score (nSPS) is 21.9. The number of fused-ring (bicyclic) bond motifs is 3. The van der Waals surface area contributed by atoms with Crippen LogP contribution in [0.2, 0.25) is 0 Å². The predicted molar refractivity (Wildman–Crippen MR) is 91.8 cm³/mol. The molecule has 2 aromatic heterocycles. The third-order valence-electron chi connectivity index (χ3n) is 4.53. The van der Waals surface area contributed by atoms with Gasteiger partial charge in [0.15, 0.2) is 0 Å². The van der Waals surface area contributed by atoms with Crippen LogP contribution in [-0.2, 0) is 10.0 Å². The molecule has 1 aromatic carbocycles. The summed E-state index contributed by atoms with van der Waals surface area (Å²) in [6.07, 6.45) is 7.59. The SMILES string of the molecule is CC1=CCC(C)(S(=O)(=O)n2ncc3[nH]c4ccccc4c32)C=C1. The smallest absolute Gasteiger partial charge is 0.263 e. The maximum absolute atomic E-state index is 13.2. The third-order valence-corrected chi connectivity index (χ3v) is 6.75. The second-order valence-corrected chi connectivity index (χ2v) is 8.45. The van der Waals surface area contributed by atoms with Gasteiger partial charge in [0.05, 0.1) is 11.7 Å². The Kier molecular flexibility index (Phi) is 2.84. The van der Waals surface area contributed by atoms with Gasteiger partial charge in [-0.15, -0.1) is 0 Å². The summed E-state index contributed by atoms with van der Waals surface area (Å²) in [7, 11) is -3.68. The molecular weight excluding hydrogens is 310 g/mol. The molecule has 0 aliphatic heterocycles. The van der Waals surface area contributed by atoms with Crippen LogP contribution in [0, 0.1) is 0 Å². The fraction of sp³-hybridized carbons (Fsp3) is 0.235. The Bertz CT molecular complexity index is 1090. The number of benzene rings is 1. The summed E-state index contributed by atoms with van der Waals surface area (Å²) in [5, 5.41) is 5.02. The van der Waals surface area contributed by atoms with E-state index in [2.05, 4.69) is 10.1 Å². The lowest BCUT2D eigenvalue weighted by Gasteiger charge is -2.27. The molecule has 0 amide bonds. The summed E-state index contributed by atoms with van der Waals surface area (Å²) >= 11 is 0. The zero-order chi connectivity index (χ0) is 16.2. The van der Waals surface area contributed by atoms with E-state index < -0.39 is 14.8 Å². The van der Waals surface area contributed by atoms with Gasteiger partial charge in [-0.25, -0.2) is 8.42 Å². The van der Waals surface area contributed by atoms with Gasteiger partial charge in [-0.1, -0.05) is 42.0 Å². The Morgan fingerprint density at radius 2 is 2.04 bits per heavy atom. The predicted octanol–water partition coefficient (Wildman–Crippen LogP) is 3.36. The number of nitrogens with one attached hydrogen (secondary N) is 1. The highest BCUT2D eigenvalue weighted by atomic mass is 32.2. The highest BCUT2D eigenvalue weighted by molar-refractivity contribution is 7.91. The number of para-hydroxylation sites is 1. The summed E-state index contributed by atoms with van der Waals surface area (Å²) < 4.78 is 26.7. The van der Waals surface area contributed by atoms with Crippen LogP contribution in [0.5, 0.6) is 0 Å². The monoisotopic (exact) mass is 327 g/mol. The summed E-state index contributed by atoms with van der Waals surface area (Å²) in [5.74, 6) is 0. The van der Waals surface area contributed by atoms with Crippen molar-refractivity contribution in [3.63, 3.8) is 0 Å². The Hall–Kier alpha value is -2.34. The van der Waals surface area contributed by atoms with Crippen molar-refractivity contribution in [3.8, 4) is 0 Å². The Morgan fingerprint density at radius 3 is 2.78 bits per heavy atom. The average molecular weight is 327 g/mol. The number of aromatic nitrogens is 3. The molecule has 0 bridgehead atoms. The molecular formula is C17H17N3O2S. The van der Waals surface area contributed by atoms with E-state index in [0.29, 0.717) is 11.9 Å². The maximum atomic E-state index is 13.2. The van der Waals surface area contributed by atoms with Gasteiger partial charge in [0.1, 0.15) is 10.3 Å². The molecule has 3 aromatic rings. The van der Waals surface area contributed by atoms with E-state index in [1.807, 2.05) is 43.3 Å². The van der Waals surface area contributed by atoms with Crippen molar-refractivity contribution in [1.29, 1.82) is 0 Å².